The lowest BCUT2D eigenvalue weighted by Gasteiger charge is -2.01. The van der Waals surface area contributed by atoms with Gasteiger partial charge in [0.15, 0.2) is 5.58 Å². The van der Waals surface area contributed by atoms with E-state index in [0.29, 0.717) is 11.6 Å². The molecule has 0 unspecified atom stereocenters. The molecule has 0 aliphatic heterocycles. The summed E-state index contributed by atoms with van der Waals surface area (Å²) in [5.74, 6) is 0.626. The van der Waals surface area contributed by atoms with Crippen molar-refractivity contribution in [1.29, 1.82) is 0 Å². The van der Waals surface area contributed by atoms with Crippen LogP contribution in [-0.4, -0.2) is 4.98 Å². The average Bonchev–Trinajstić information content (AvgIpc) is 2.71. The molecule has 2 N–H and O–H groups in total. The first-order valence-electron chi connectivity index (χ1n) is 5.56. The second-order valence-corrected chi connectivity index (χ2v) is 5.12. The van der Waals surface area contributed by atoms with Crippen LogP contribution in [0.1, 0.15) is 5.56 Å². The van der Waals surface area contributed by atoms with E-state index in [4.69, 9.17) is 10.2 Å². The molecule has 0 saturated heterocycles. The molecule has 0 spiro atoms. The van der Waals surface area contributed by atoms with Crippen molar-refractivity contribution < 1.29 is 4.42 Å². The van der Waals surface area contributed by atoms with Crippen LogP contribution in [0.4, 0.5) is 5.69 Å². The molecule has 1 heterocycles. The smallest absolute Gasteiger partial charge is 0.227 e. The van der Waals surface area contributed by atoms with Crippen LogP contribution in [0.3, 0.4) is 0 Å². The number of aromatic nitrogens is 1. The van der Waals surface area contributed by atoms with Gasteiger partial charge in [0.1, 0.15) is 5.52 Å². The fourth-order valence-electron chi connectivity index (χ4n) is 1.93. The summed E-state index contributed by atoms with van der Waals surface area (Å²) in [6.07, 6.45) is 0. The Morgan fingerprint density at radius 2 is 2.00 bits per heavy atom. The predicted molar refractivity (Wildman–Crippen MR) is 76.3 cm³/mol. The first-order chi connectivity index (χ1) is 8.63. The number of hydrogen-bond donors (Lipinski definition) is 1. The molecule has 0 amide bonds. The molecule has 2 aromatic carbocycles. The van der Waals surface area contributed by atoms with E-state index in [1.807, 2.05) is 43.3 Å². The Kier molecular flexibility index (Phi) is 2.59. The fraction of sp³-hybridized carbons (Fsp3) is 0.0714. The molecule has 0 atom stereocenters. The molecule has 3 nitrogen and oxygen atoms in total. The molecule has 0 aliphatic carbocycles. The zero-order valence-corrected chi connectivity index (χ0v) is 11.4. The molecular weight excluding hydrogens is 292 g/mol. The number of aryl methyl sites for hydroxylation is 1. The molecule has 4 heteroatoms. The minimum absolute atomic E-state index is 0.626. The normalized spacial score (nSPS) is 11.0. The van der Waals surface area contributed by atoms with E-state index in [0.717, 1.165) is 26.7 Å². The van der Waals surface area contributed by atoms with Crippen LogP contribution in [-0.2, 0) is 0 Å². The van der Waals surface area contributed by atoms with Crippen molar-refractivity contribution in [3.63, 3.8) is 0 Å². The highest BCUT2D eigenvalue weighted by molar-refractivity contribution is 9.10. The minimum Gasteiger partial charge on any atom is -0.436 e. The zero-order valence-electron chi connectivity index (χ0n) is 9.77. The summed E-state index contributed by atoms with van der Waals surface area (Å²) in [5, 5.41) is 0. The summed E-state index contributed by atoms with van der Waals surface area (Å²) in [4.78, 5) is 4.47. The number of fused-ring (bicyclic) bond motifs is 1. The van der Waals surface area contributed by atoms with E-state index in [-0.39, 0.29) is 0 Å². The number of oxazole rings is 1. The van der Waals surface area contributed by atoms with Gasteiger partial charge in [-0.25, -0.2) is 4.98 Å². The van der Waals surface area contributed by atoms with Gasteiger partial charge < -0.3 is 10.2 Å². The molecule has 90 valence electrons. The average molecular weight is 303 g/mol. The number of benzene rings is 2. The highest BCUT2D eigenvalue weighted by atomic mass is 79.9. The monoisotopic (exact) mass is 302 g/mol. The number of nitrogens with two attached hydrogens (primary N) is 1. The van der Waals surface area contributed by atoms with Gasteiger partial charge in [0, 0.05) is 15.7 Å². The summed E-state index contributed by atoms with van der Waals surface area (Å²) in [6, 6.07) is 11.5. The molecule has 0 bridgehead atoms. The second-order valence-electron chi connectivity index (χ2n) is 4.21. The Morgan fingerprint density at radius 1 is 1.17 bits per heavy atom. The van der Waals surface area contributed by atoms with Crippen molar-refractivity contribution in [2.24, 2.45) is 0 Å². The van der Waals surface area contributed by atoms with E-state index < -0.39 is 0 Å². The summed E-state index contributed by atoms with van der Waals surface area (Å²) < 4.78 is 6.79. The zero-order chi connectivity index (χ0) is 12.7. The van der Waals surface area contributed by atoms with Gasteiger partial charge in [0.2, 0.25) is 5.89 Å². The maximum Gasteiger partial charge on any atom is 0.227 e. The second kappa shape index (κ2) is 4.14. The van der Waals surface area contributed by atoms with Crippen LogP contribution in [0.25, 0.3) is 22.6 Å². The number of nitrogens with zero attached hydrogens (tertiary/aromatic N) is 1. The fourth-order valence-corrected chi connectivity index (χ4v) is 2.40. The number of hydrogen-bond acceptors (Lipinski definition) is 3. The van der Waals surface area contributed by atoms with E-state index >= 15 is 0 Å². The highest BCUT2D eigenvalue weighted by Crippen LogP contribution is 2.29. The Balaban J connectivity index is 2.19. The quantitative estimate of drug-likeness (QED) is 0.687. The van der Waals surface area contributed by atoms with Crippen molar-refractivity contribution in [2.45, 2.75) is 6.92 Å². The number of anilines is 1. The Morgan fingerprint density at radius 3 is 2.78 bits per heavy atom. The number of rotatable bonds is 1. The van der Waals surface area contributed by atoms with Gasteiger partial charge in [0.25, 0.3) is 0 Å². The SMILES string of the molecule is Cc1cc(Br)ccc1-c1nc2cc(N)ccc2o1. The van der Waals surface area contributed by atoms with E-state index in [2.05, 4.69) is 20.9 Å². The van der Waals surface area contributed by atoms with E-state index in [1.165, 1.54) is 0 Å². The maximum atomic E-state index is 5.75. The van der Waals surface area contributed by atoms with E-state index in [1.54, 1.807) is 0 Å². The highest BCUT2D eigenvalue weighted by Gasteiger charge is 2.10. The van der Waals surface area contributed by atoms with Crippen molar-refractivity contribution in [3.8, 4) is 11.5 Å². The molecule has 0 saturated carbocycles. The first-order valence-corrected chi connectivity index (χ1v) is 6.35. The van der Waals surface area contributed by atoms with Gasteiger partial charge in [-0.15, -0.1) is 0 Å². The van der Waals surface area contributed by atoms with Gasteiger partial charge in [-0.2, -0.15) is 0 Å². The molecule has 18 heavy (non-hydrogen) atoms. The molecule has 3 aromatic rings. The van der Waals surface area contributed by atoms with Gasteiger partial charge in [0.05, 0.1) is 0 Å². The van der Waals surface area contributed by atoms with Crippen molar-refractivity contribution in [1.82, 2.24) is 4.98 Å². The van der Waals surface area contributed by atoms with Crippen LogP contribution >= 0.6 is 15.9 Å². The summed E-state index contributed by atoms with van der Waals surface area (Å²) >= 11 is 3.45. The van der Waals surface area contributed by atoms with Crippen LogP contribution in [0, 0.1) is 6.92 Å². The number of nitrogen functional groups attached to an aromatic ring is 1. The topological polar surface area (TPSA) is 52.0 Å². The minimum atomic E-state index is 0.626. The summed E-state index contributed by atoms with van der Waals surface area (Å²) in [5.41, 5.74) is 10.1. The first kappa shape index (κ1) is 11.3. The third-order valence-corrected chi connectivity index (χ3v) is 3.32. The molecule has 1 aromatic heterocycles. The molecular formula is C14H11BrN2O. The molecule has 0 fully saturated rings. The van der Waals surface area contributed by atoms with Gasteiger partial charge in [-0.05, 0) is 48.9 Å². The van der Waals surface area contributed by atoms with Crippen LogP contribution < -0.4 is 5.73 Å². The lowest BCUT2D eigenvalue weighted by Crippen LogP contribution is -1.83. The molecule has 3 rings (SSSR count). The summed E-state index contributed by atoms with van der Waals surface area (Å²) in [7, 11) is 0. The molecule has 0 aliphatic rings. The Hall–Kier alpha value is -1.81. The van der Waals surface area contributed by atoms with Crippen molar-refractivity contribution in [2.75, 3.05) is 5.73 Å². The van der Waals surface area contributed by atoms with Crippen LogP contribution in [0.5, 0.6) is 0 Å². The van der Waals surface area contributed by atoms with Crippen LogP contribution in [0.2, 0.25) is 0 Å². The van der Waals surface area contributed by atoms with E-state index in [9.17, 15) is 0 Å². The molecule has 0 radical (unpaired) electrons. The van der Waals surface area contributed by atoms with Crippen molar-refractivity contribution >= 4 is 32.7 Å². The summed E-state index contributed by atoms with van der Waals surface area (Å²) in [6.45, 7) is 2.03. The lowest BCUT2D eigenvalue weighted by atomic mass is 10.1. The van der Waals surface area contributed by atoms with Gasteiger partial charge >= 0.3 is 0 Å². The lowest BCUT2D eigenvalue weighted by molar-refractivity contribution is 0.619. The van der Waals surface area contributed by atoms with Gasteiger partial charge in [-0.1, -0.05) is 15.9 Å². The Bertz CT molecular complexity index is 734. The standard InChI is InChI=1S/C14H11BrN2O/c1-8-6-9(15)2-4-11(8)14-17-12-7-10(16)3-5-13(12)18-14/h2-7H,16H2,1H3. The van der Waals surface area contributed by atoms with Gasteiger partial charge in [-0.3, -0.25) is 0 Å². The Labute approximate surface area is 113 Å². The third kappa shape index (κ3) is 1.88. The largest absolute Gasteiger partial charge is 0.436 e. The van der Waals surface area contributed by atoms with Crippen molar-refractivity contribution in [3.05, 3.63) is 46.4 Å². The number of halogens is 1. The predicted octanol–water partition coefficient (Wildman–Crippen LogP) is 4.15. The maximum absolute atomic E-state index is 5.75. The third-order valence-electron chi connectivity index (χ3n) is 2.83. The van der Waals surface area contributed by atoms with Crippen LogP contribution in [0.15, 0.2) is 45.3 Å².